The molecule has 0 unspecified atom stereocenters. The number of anilines is 2. The number of benzene rings is 2. The van der Waals surface area contributed by atoms with Crippen molar-refractivity contribution in [3.8, 4) is 0 Å². The molecule has 0 fully saturated rings. The summed E-state index contributed by atoms with van der Waals surface area (Å²) in [6.07, 6.45) is 4.52. The van der Waals surface area contributed by atoms with E-state index in [4.69, 9.17) is 11.5 Å². The summed E-state index contributed by atoms with van der Waals surface area (Å²) in [5.74, 6) is 2.39. The highest BCUT2D eigenvalue weighted by Crippen LogP contribution is 2.17. The minimum Gasteiger partial charge on any atom is -0.399 e. The van der Waals surface area contributed by atoms with Crippen LogP contribution in [0.5, 0.6) is 0 Å². The lowest BCUT2D eigenvalue weighted by atomic mass is 10.1. The van der Waals surface area contributed by atoms with E-state index in [0.717, 1.165) is 24.2 Å². The van der Waals surface area contributed by atoms with Crippen LogP contribution in [0.25, 0.3) is 0 Å². The summed E-state index contributed by atoms with van der Waals surface area (Å²) in [7, 11) is 0. The molecule has 0 aliphatic rings. The van der Waals surface area contributed by atoms with Crippen molar-refractivity contribution in [2.45, 2.75) is 25.7 Å². The van der Waals surface area contributed by atoms with Crippen molar-refractivity contribution in [2.75, 3.05) is 23.0 Å². The second-order valence-corrected chi connectivity index (χ2v) is 6.44. The van der Waals surface area contributed by atoms with Gasteiger partial charge in [-0.1, -0.05) is 36.4 Å². The Hall–Kier alpha value is -1.61. The van der Waals surface area contributed by atoms with Crippen LogP contribution in [0.1, 0.15) is 24.0 Å². The molecule has 0 radical (unpaired) electrons. The molecule has 0 saturated carbocycles. The molecule has 0 heterocycles. The Morgan fingerprint density at radius 2 is 1.10 bits per heavy atom. The molecule has 3 heteroatoms. The number of rotatable bonds is 8. The molecule has 112 valence electrons. The maximum Gasteiger partial charge on any atom is 0.0346 e. The quantitative estimate of drug-likeness (QED) is 0.569. The molecule has 0 amide bonds. The van der Waals surface area contributed by atoms with Crippen molar-refractivity contribution in [1.82, 2.24) is 0 Å². The van der Waals surface area contributed by atoms with Crippen molar-refractivity contribution in [1.29, 1.82) is 0 Å². The van der Waals surface area contributed by atoms with Crippen molar-refractivity contribution in [3.05, 3.63) is 59.7 Å². The molecule has 0 spiro atoms. The van der Waals surface area contributed by atoms with Gasteiger partial charge in [0.15, 0.2) is 0 Å². The summed E-state index contributed by atoms with van der Waals surface area (Å²) in [5.41, 5.74) is 16.3. The number of para-hydroxylation sites is 2. The average Bonchev–Trinajstić information content (AvgIpc) is 2.50. The van der Waals surface area contributed by atoms with Gasteiger partial charge in [-0.2, -0.15) is 11.8 Å². The molecule has 0 saturated heterocycles. The van der Waals surface area contributed by atoms with Gasteiger partial charge in [0.05, 0.1) is 0 Å². The van der Waals surface area contributed by atoms with E-state index in [2.05, 4.69) is 24.3 Å². The van der Waals surface area contributed by atoms with Crippen molar-refractivity contribution < 1.29 is 0 Å². The van der Waals surface area contributed by atoms with Gasteiger partial charge in [0.25, 0.3) is 0 Å². The molecule has 2 aromatic rings. The van der Waals surface area contributed by atoms with E-state index in [1.165, 1.54) is 35.5 Å². The molecule has 2 nitrogen and oxygen atoms in total. The highest BCUT2D eigenvalue weighted by Gasteiger charge is 1.99. The largest absolute Gasteiger partial charge is 0.399 e. The second kappa shape index (κ2) is 8.63. The Bertz CT molecular complexity index is 505. The fourth-order valence-corrected chi connectivity index (χ4v) is 3.26. The topological polar surface area (TPSA) is 52.0 Å². The van der Waals surface area contributed by atoms with Crippen LogP contribution in [0.2, 0.25) is 0 Å². The minimum atomic E-state index is 0.919. The first-order valence-electron chi connectivity index (χ1n) is 7.52. The second-order valence-electron chi connectivity index (χ2n) is 5.22. The Morgan fingerprint density at radius 1 is 0.667 bits per heavy atom. The van der Waals surface area contributed by atoms with Crippen LogP contribution in [0, 0.1) is 0 Å². The molecule has 2 aromatic carbocycles. The lowest BCUT2D eigenvalue weighted by Crippen LogP contribution is -1.97. The summed E-state index contributed by atoms with van der Waals surface area (Å²) in [6.45, 7) is 0. The standard InChI is InChI=1S/C18H24N2S/c19-17-11-3-1-7-15(17)9-5-13-21-14-6-10-16-8-2-4-12-18(16)20/h1-4,7-8,11-12H,5-6,9-10,13-14,19-20H2. The van der Waals surface area contributed by atoms with Gasteiger partial charge in [0, 0.05) is 11.4 Å². The molecule has 0 aliphatic carbocycles. The number of nitrogens with two attached hydrogens (primary N) is 2. The van der Waals surface area contributed by atoms with E-state index < -0.39 is 0 Å². The summed E-state index contributed by atoms with van der Waals surface area (Å²) in [4.78, 5) is 0. The molecule has 4 N–H and O–H groups in total. The fraction of sp³-hybridized carbons (Fsp3) is 0.333. The maximum atomic E-state index is 5.94. The molecule has 0 bridgehead atoms. The highest BCUT2D eigenvalue weighted by atomic mass is 32.2. The minimum absolute atomic E-state index is 0.919. The van der Waals surface area contributed by atoms with Crippen molar-refractivity contribution in [2.24, 2.45) is 0 Å². The van der Waals surface area contributed by atoms with Crippen LogP contribution in [0.4, 0.5) is 11.4 Å². The Labute approximate surface area is 131 Å². The molecule has 2 rings (SSSR count). The van der Waals surface area contributed by atoms with Crippen LogP contribution in [0.15, 0.2) is 48.5 Å². The smallest absolute Gasteiger partial charge is 0.0346 e. The fourth-order valence-electron chi connectivity index (χ4n) is 2.36. The lowest BCUT2D eigenvalue weighted by molar-refractivity contribution is 0.917. The first-order chi connectivity index (χ1) is 10.3. The highest BCUT2D eigenvalue weighted by molar-refractivity contribution is 7.99. The van der Waals surface area contributed by atoms with Gasteiger partial charge in [0.1, 0.15) is 0 Å². The predicted molar refractivity (Wildman–Crippen MR) is 95.7 cm³/mol. The number of thioether (sulfide) groups is 1. The van der Waals surface area contributed by atoms with Crippen LogP contribution in [-0.4, -0.2) is 11.5 Å². The predicted octanol–water partition coefficient (Wildman–Crippen LogP) is 4.15. The summed E-state index contributed by atoms with van der Waals surface area (Å²) < 4.78 is 0. The van der Waals surface area contributed by atoms with Gasteiger partial charge >= 0.3 is 0 Å². The van der Waals surface area contributed by atoms with Gasteiger partial charge < -0.3 is 11.5 Å². The zero-order valence-electron chi connectivity index (χ0n) is 12.4. The molecular formula is C18H24N2S. The molecule has 21 heavy (non-hydrogen) atoms. The molecule has 0 aliphatic heterocycles. The van der Waals surface area contributed by atoms with Crippen LogP contribution in [-0.2, 0) is 12.8 Å². The molecular weight excluding hydrogens is 276 g/mol. The summed E-state index contributed by atoms with van der Waals surface area (Å²) in [5, 5.41) is 0. The third-order valence-corrected chi connectivity index (χ3v) is 4.73. The third kappa shape index (κ3) is 5.35. The first-order valence-corrected chi connectivity index (χ1v) is 8.67. The van der Waals surface area contributed by atoms with Gasteiger partial charge in [-0.15, -0.1) is 0 Å². The Kier molecular flexibility index (Phi) is 6.48. The SMILES string of the molecule is Nc1ccccc1CCCSCCCc1ccccc1N. The van der Waals surface area contributed by atoms with Crippen molar-refractivity contribution >= 4 is 23.1 Å². The van der Waals surface area contributed by atoms with Crippen LogP contribution < -0.4 is 11.5 Å². The molecule has 0 aromatic heterocycles. The van der Waals surface area contributed by atoms with E-state index in [1.54, 1.807) is 0 Å². The summed E-state index contributed by atoms with van der Waals surface area (Å²) >= 11 is 2.02. The van der Waals surface area contributed by atoms with Gasteiger partial charge in [-0.3, -0.25) is 0 Å². The zero-order valence-corrected chi connectivity index (χ0v) is 13.2. The zero-order chi connectivity index (χ0) is 14.9. The van der Waals surface area contributed by atoms with E-state index in [9.17, 15) is 0 Å². The Balaban J connectivity index is 1.57. The van der Waals surface area contributed by atoms with Gasteiger partial charge in [-0.25, -0.2) is 0 Å². The Morgan fingerprint density at radius 3 is 1.52 bits per heavy atom. The number of aryl methyl sites for hydroxylation is 2. The van der Waals surface area contributed by atoms with E-state index >= 15 is 0 Å². The maximum absolute atomic E-state index is 5.94. The third-order valence-electron chi connectivity index (χ3n) is 3.58. The van der Waals surface area contributed by atoms with Crippen LogP contribution >= 0.6 is 11.8 Å². The van der Waals surface area contributed by atoms with E-state index in [0.29, 0.717) is 0 Å². The van der Waals surface area contributed by atoms with Gasteiger partial charge in [0.2, 0.25) is 0 Å². The monoisotopic (exact) mass is 300 g/mol. The lowest BCUT2D eigenvalue weighted by Gasteiger charge is -2.06. The summed E-state index contributed by atoms with van der Waals surface area (Å²) in [6, 6.07) is 16.3. The van der Waals surface area contributed by atoms with Crippen molar-refractivity contribution in [3.63, 3.8) is 0 Å². The first kappa shape index (κ1) is 15.8. The normalized spacial score (nSPS) is 10.7. The van der Waals surface area contributed by atoms with E-state index in [-0.39, 0.29) is 0 Å². The number of nitrogen functional groups attached to an aromatic ring is 2. The number of hydrogen-bond donors (Lipinski definition) is 2. The van der Waals surface area contributed by atoms with Gasteiger partial charge in [-0.05, 0) is 60.4 Å². The van der Waals surface area contributed by atoms with Crippen LogP contribution in [0.3, 0.4) is 0 Å². The average molecular weight is 300 g/mol. The van der Waals surface area contributed by atoms with E-state index in [1.807, 2.05) is 36.0 Å². The number of hydrogen-bond acceptors (Lipinski definition) is 3. The molecule has 0 atom stereocenters.